The van der Waals surface area contributed by atoms with Gasteiger partial charge >= 0.3 is 5.97 Å². The lowest BCUT2D eigenvalue weighted by Crippen LogP contribution is -2.43. The first-order valence-corrected chi connectivity index (χ1v) is 19.3. The number of halogens is 1. The Hall–Kier alpha value is -3.55. The second-order valence-corrected chi connectivity index (χ2v) is 15.9. The zero-order valence-corrected chi connectivity index (χ0v) is 32.0. The fourth-order valence-electron chi connectivity index (χ4n) is 6.40. The van der Waals surface area contributed by atoms with E-state index in [0.29, 0.717) is 35.4 Å². The van der Waals surface area contributed by atoms with Gasteiger partial charge in [-0.15, -0.1) is 15.7 Å². The molecular weight excluding hydrogens is 774 g/mol. The first-order valence-electron chi connectivity index (χ1n) is 15.5. The van der Waals surface area contributed by atoms with Gasteiger partial charge in [-0.3, -0.25) is 13.9 Å². The van der Waals surface area contributed by atoms with Gasteiger partial charge in [-0.1, -0.05) is 15.9 Å². The summed E-state index contributed by atoms with van der Waals surface area (Å²) < 4.78 is 61.6. The van der Waals surface area contributed by atoms with Crippen molar-refractivity contribution in [2.75, 3.05) is 22.4 Å². The molecule has 0 fully saturated rings. The van der Waals surface area contributed by atoms with Crippen molar-refractivity contribution in [3.63, 3.8) is 0 Å². The fraction of sp³-hybridized carbons (Fsp3) is 0.406. The van der Waals surface area contributed by atoms with Crippen molar-refractivity contribution >= 4 is 84.7 Å². The number of rotatable bonds is 12. The number of amides is 1. The third kappa shape index (κ3) is 7.69. The number of fused-ring (bicyclic) bond motifs is 2. The van der Waals surface area contributed by atoms with Crippen LogP contribution in [0, 0.1) is 20.8 Å². The minimum atomic E-state index is -2.61. The van der Waals surface area contributed by atoms with E-state index in [1.807, 2.05) is 40.7 Å². The van der Waals surface area contributed by atoms with E-state index in [1.165, 1.54) is 6.07 Å². The lowest BCUT2D eigenvalue weighted by atomic mass is 9.92. The molecule has 2 aliphatic rings. The van der Waals surface area contributed by atoms with Crippen LogP contribution in [0.25, 0.3) is 0 Å². The highest BCUT2D eigenvalue weighted by Crippen LogP contribution is 2.46. The van der Waals surface area contributed by atoms with Crippen LogP contribution in [0.4, 0.5) is 17.1 Å². The van der Waals surface area contributed by atoms with Gasteiger partial charge in [0, 0.05) is 35.0 Å². The van der Waals surface area contributed by atoms with Crippen molar-refractivity contribution in [3.8, 4) is 11.5 Å². The number of ether oxygens (including phenoxy) is 2. The fourth-order valence-corrected chi connectivity index (χ4v) is 8.61. The Labute approximate surface area is 307 Å². The molecule has 18 heteroatoms. The number of guanidine groups is 1. The van der Waals surface area contributed by atoms with E-state index >= 15 is 0 Å². The molecule has 2 aliphatic heterocycles. The third-order valence-corrected chi connectivity index (χ3v) is 11.1. The van der Waals surface area contributed by atoms with Crippen molar-refractivity contribution < 1.29 is 41.7 Å². The molecular formula is C32H38BrN5O9S3. The van der Waals surface area contributed by atoms with E-state index in [4.69, 9.17) is 15.2 Å². The van der Waals surface area contributed by atoms with Crippen LogP contribution < -0.4 is 29.7 Å². The Kier molecular flexibility index (Phi) is 11.3. The monoisotopic (exact) mass is 811 g/mol. The molecule has 5 rings (SSSR count). The van der Waals surface area contributed by atoms with Crippen LogP contribution >= 0.6 is 27.3 Å². The number of benzene rings is 2. The number of carboxylic acid groups (broad SMARTS) is 1. The van der Waals surface area contributed by atoms with E-state index in [-0.39, 0.29) is 41.6 Å². The number of carboxylic acids is 1. The topological polar surface area (TPSA) is 204 Å². The zero-order valence-electron chi connectivity index (χ0n) is 27.9. The Balaban J connectivity index is 1.38. The van der Waals surface area contributed by atoms with Crippen LogP contribution in [-0.4, -0.2) is 65.3 Å². The molecule has 0 saturated carbocycles. The first kappa shape index (κ1) is 37.7. The summed E-state index contributed by atoms with van der Waals surface area (Å²) in [5.74, 6) is -1.05. The van der Waals surface area contributed by atoms with E-state index in [2.05, 4.69) is 25.6 Å². The SMILES string of the molecule is Cc1c(C)c(N(CCCC(NC(=O)c2sccc2N(c2cc(Br)cc3c2OCC3)S(=O)O)C(=O)O)C(N)=NS(=O)O)c(C)c2c1OC(C)(C)C2. The summed E-state index contributed by atoms with van der Waals surface area (Å²) in [6.07, 6.45) is 1.37. The van der Waals surface area contributed by atoms with Gasteiger partial charge in [0.25, 0.3) is 28.4 Å². The Bertz CT molecular complexity index is 1930. The third-order valence-electron chi connectivity index (χ3n) is 8.69. The minimum Gasteiger partial charge on any atom is -0.491 e. The normalized spacial score (nSPS) is 16.4. The van der Waals surface area contributed by atoms with Gasteiger partial charge in [0.15, 0.2) is 0 Å². The van der Waals surface area contributed by atoms with E-state index in [0.717, 1.165) is 49.2 Å². The number of nitrogens with one attached hydrogen (secondary N) is 1. The largest absolute Gasteiger partial charge is 0.491 e. The molecule has 3 atom stereocenters. The van der Waals surface area contributed by atoms with Gasteiger partial charge in [-0.2, -0.15) is 0 Å². The Morgan fingerprint density at radius 1 is 1.14 bits per heavy atom. The molecule has 6 N–H and O–H groups in total. The predicted octanol–water partition coefficient (Wildman–Crippen LogP) is 5.28. The molecule has 0 aliphatic carbocycles. The summed E-state index contributed by atoms with van der Waals surface area (Å²) in [6.45, 7) is 10.2. The van der Waals surface area contributed by atoms with E-state index in [9.17, 15) is 32.2 Å². The molecule has 270 valence electrons. The Morgan fingerprint density at radius 3 is 2.52 bits per heavy atom. The van der Waals surface area contributed by atoms with Gasteiger partial charge in [-0.05, 0) is 87.7 Å². The number of carbonyl (C=O) groups is 2. The van der Waals surface area contributed by atoms with Crippen molar-refractivity contribution in [1.82, 2.24) is 5.32 Å². The predicted molar refractivity (Wildman–Crippen MR) is 197 cm³/mol. The quantitative estimate of drug-likeness (QED) is 0.0905. The summed E-state index contributed by atoms with van der Waals surface area (Å²) in [7, 11) is 0. The van der Waals surface area contributed by atoms with Gasteiger partial charge in [0.1, 0.15) is 33.7 Å². The average molecular weight is 813 g/mol. The van der Waals surface area contributed by atoms with Crippen molar-refractivity contribution in [1.29, 1.82) is 0 Å². The molecule has 3 aromatic rings. The minimum absolute atomic E-state index is 0.0267. The number of thiophene rings is 1. The number of nitrogens with zero attached hydrogens (tertiary/aromatic N) is 3. The Morgan fingerprint density at radius 2 is 1.86 bits per heavy atom. The molecule has 2 aromatic carbocycles. The maximum Gasteiger partial charge on any atom is 0.326 e. The zero-order chi connectivity index (χ0) is 36.7. The van der Waals surface area contributed by atoms with Gasteiger partial charge < -0.3 is 30.5 Å². The number of aliphatic carboxylic acids is 1. The number of hydrogen-bond acceptors (Lipinski definition) is 7. The highest BCUT2D eigenvalue weighted by Gasteiger charge is 2.36. The lowest BCUT2D eigenvalue weighted by Gasteiger charge is -2.29. The van der Waals surface area contributed by atoms with Crippen LogP contribution in [-0.2, 0) is 40.2 Å². The molecule has 3 unspecified atom stereocenters. The van der Waals surface area contributed by atoms with Crippen LogP contribution in [0.2, 0.25) is 0 Å². The number of hydrogen-bond donors (Lipinski definition) is 5. The maximum absolute atomic E-state index is 13.6. The number of carbonyl (C=O) groups excluding carboxylic acids is 1. The summed E-state index contributed by atoms with van der Waals surface area (Å²) in [4.78, 5) is 27.6. The molecule has 0 saturated heterocycles. The van der Waals surface area contributed by atoms with Gasteiger partial charge in [0.2, 0.25) is 5.96 Å². The summed E-state index contributed by atoms with van der Waals surface area (Å²) in [5, 5.41) is 14.2. The maximum atomic E-state index is 13.6. The van der Waals surface area contributed by atoms with Gasteiger partial charge in [-0.25, -0.2) is 17.5 Å². The lowest BCUT2D eigenvalue weighted by molar-refractivity contribution is -0.139. The second kappa shape index (κ2) is 15.0. The van der Waals surface area contributed by atoms with Crippen LogP contribution in [0.1, 0.15) is 64.2 Å². The molecule has 0 spiro atoms. The number of nitrogens with two attached hydrogens (primary N) is 1. The first-order chi connectivity index (χ1) is 23.5. The molecule has 0 bridgehead atoms. The standard InChI is InChI=1S/C32H38BrN5O9S3/c1-16-17(2)26-21(15-32(4,5)47-26)18(3)25(16)37(31(34)36-49(42)43)10-6-7-22(30(40)41)35-29(39)28-23(9-12-48-28)38(50(44)45)24-14-20(33)13-19-8-11-46-27(19)24/h9,12-14,22H,6-8,10-11,15H2,1-5H3,(H2,34,36)(H,35,39)(H,40,41)(H,42,43)(H,44,45). The van der Waals surface area contributed by atoms with Crippen LogP contribution in [0.5, 0.6) is 11.5 Å². The van der Waals surface area contributed by atoms with E-state index < -0.39 is 46.1 Å². The average Bonchev–Trinajstić information content (AvgIpc) is 3.76. The van der Waals surface area contributed by atoms with E-state index in [1.54, 1.807) is 16.3 Å². The smallest absolute Gasteiger partial charge is 0.326 e. The van der Waals surface area contributed by atoms with Gasteiger partial charge in [0.05, 0.1) is 18.0 Å². The molecule has 0 radical (unpaired) electrons. The highest BCUT2D eigenvalue weighted by molar-refractivity contribution is 9.10. The molecule has 3 heterocycles. The molecule has 14 nitrogen and oxygen atoms in total. The van der Waals surface area contributed by atoms with Crippen molar-refractivity contribution in [2.45, 2.75) is 71.9 Å². The summed E-state index contributed by atoms with van der Waals surface area (Å²) in [6, 6.07) is 3.63. The summed E-state index contributed by atoms with van der Waals surface area (Å²) >= 11 is -0.788. The van der Waals surface area contributed by atoms with Crippen molar-refractivity contribution in [2.24, 2.45) is 10.1 Å². The van der Waals surface area contributed by atoms with Crippen LogP contribution in [0.3, 0.4) is 0 Å². The second-order valence-electron chi connectivity index (χ2n) is 12.6. The van der Waals surface area contributed by atoms with Crippen molar-refractivity contribution in [3.05, 3.63) is 60.7 Å². The number of anilines is 3. The van der Waals surface area contributed by atoms with Crippen LogP contribution in [0.15, 0.2) is 32.4 Å². The molecule has 50 heavy (non-hydrogen) atoms. The molecule has 1 aromatic heterocycles. The highest BCUT2D eigenvalue weighted by atomic mass is 79.9. The molecule has 1 amide bonds. The summed E-state index contributed by atoms with van der Waals surface area (Å²) in [5.41, 5.74) is 11.3.